The normalized spacial score (nSPS) is 20.9. The van der Waals surface area contributed by atoms with Crippen LogP contribution in [0.1, 0.15) is 12.5 Å². The van der Waals surface area contributed by atoms with Crippen molar-refractivity contribution in [1.82, 2.24) is 9.62 Å². The van der Waals surface area contributed by atoms with Gasteiger partial charge >= 0.3 is 0 Å². The third kappa shape index (κ3) is 3.49. The van der Waals surface area contributed by atoms with Gasteiger partial charge < -0.3 is 5.32 Å². The monoisotopic (exact) mass is 368 g/mol. The van der Waals surface area contributed by atoms with Crippen molar-refractivity contribution in [3.63, 3.8) is 0 Å². The van der Waals surface area contributed by atoms with Crippen molar-refractivity contribution in [3.05, 3.63) is 28.2 Å². The zero-order valence-electron chi connectivity index (χ0n) is 10.9. The van der Waals surface area contributed by atoms with E-state index in [9.17, 15) is 8.42 Å². The average molecular weight is 370 g/mol. The topological polar surface area (TPSA) is 49.4 Å². The van der Waals surface area contributed by atoms with Crippen molar-refractivity contribution in [3.8, 4) is 0 Å². The van der Waals surface area contributed by atoms with Gasteiger partial charge in [0.1, 0.15) is 0 Å². The van der Waals surface area contributed by atoms with Gasteiger partial charge in [-0.15, -0.1) is 12.4 Å². The summed E-state index contributed by atoms with van der Waals surface area (Å²) < 4.78 is 27.5. The fourth-order valence-corrected chi connectivity index (χ4v) is 4.24. The Balaban J connectivity index is 0.00000180. The van der Waals surface area contributed by atoms with Gasteiger partial charge in [0, 0.05) is 30.1 Å². The molecule has 0 radical (unpaired) electrons. The smallest absolute Gasteiger partial charge is 0.243 e. The molecule has 1 atom stereocenters. The molecule has 1 aromatic rings. The fourth-order valence-electron chi connectivity index (χ4n) is 2.05. The summed E-state index contributed by atoms with van der Waals surface area (Å²) >= 11 is 3.38. The van der Waals surface area contributed by atoms with Crippen molar-refractivity contribution in [2.45, 2.75) is 24.8 Å². The Morgan fingerprint density at radius 3 is 2.68 bits per heavy atom. The van der Waals surface area contributed by atoms with E-state index in [-0.39, 0.29) is 18.4 Å². The van der Waals surface area contributed by atoms with Crippen molar-refractivity contribution in [2.24, 2.45) is 0 Å². The number of benzene rings is 1. The Kier molecular flexibility index (Phi) is 5.82. The lowest BCUT2D eigenvalue weighted by Crippen LogP contribution is -2.52. The molecule has 4 nitrogen and oxygen atoms in total. The molecule has 19 heavy (non-hydrogen) atoms. The fraction of sp³-hybridized carbons (Fsp3) is 0.500. The van der Waals surface area contributed by atoms with Gasteiger partial charge in [-0.3, -0.25) is 0 Å². The molecule has 0 amide bonds. The first-order valence-corrected chi connectivity index (χ1v) is 8.15. The van der Waals surface area contributed by atoms with Gasteiger partial charge in [-0.25, -0.2) is 8.42 Å². The van der Waals surface area contributed by atoms with E-state index in [4.69, 9.17) is 0 Å². The lowest BCUT2D eigenvalue weighted by Gasteiger charge is -2.32. The lowest BCUT2D eigenvalue weighted by atomic mass is 10.2. The number of aryl methyl sites for hydroxylation is 1. The maximum absolute atomic E-state index is 12.5. The van der Waals surface area contributed by atoms with E-state index in [0.717, 1.165) is 10.0 Å². The Bertz CT molecular complexity index is 551. The highest BCUT2D eigenvalue weighted by molar-refractivity contribution is 9.10. The van der Waals surface area contributed by atoms with Crippen LogP contribution >= 0.6 is 28.3 Å². The standard InChI is InChI=1S/C12H17BrN2O2S.ClH/c1-9-3-4-11(7-12(9)13)18(16,17)15-6-5-14-8-10(15)2;/h3-4,7,10,14H,5-6,8H2,1-2H3;1H/t10-;/m1./s1. The van der Waals surface area contributed by atoms with E-state index in [1.165, 1.54) is 0 Å². The second-order valence-electron chi connectivity index (χ2n) is 4.58. The Morgan fingerprint density at radius 1 is 1.42 bits per heavy atom. The molecular formula is C12H18BrClN2O2S. The zero-order chi connectivity index (χ0) is 13.3. The summed E-state index contributed by atoms with van der Waals surface area (Å²) in [4.78, 5) is 0.355. The summed E-state index contributed by atoms with van der Waals surface area (Å²) in [6.07, 6.45) is 0. The van der Waals surface area contributed by atoms with Gasteiger partial charge in [-0.2, -0.15) is 4.31 Å². The first kappa shape index (κ1) is 16.9. The van der Waals surface area contributed by atoms with Gasteiger partial charge in [-0.05, 0) is 31.5 Å². The molecule has 1 saturated heterocycles. The van der Waals surface area contributed by atoms with Crippen LogP contribution in [0, 0.1) is 6.92 Å². The minimum atomic E-state index is -3.39. The maximum atomic E-state index is 12.5. The van der Waals surface area contributed by atoms with E-state index in [0.29, 0.717) is 24.5 Å². The summed E-state index contributed by atoms with van der Waals surface area (Å²) in [7, 11) is -3.39. The van der Waals surface area contributed by atoms with Crippen LogP contribution in [0.25, 0.3) is 0 Å². The molecule has 0 bridgehead atoms. The molecule has 0 saturated carbocycles. The molecule has 1 heterocycles. The minimum Gasteiger partial charge on any atom is -0.314 e. The number of hydrogen-bond acceptors (Lipinski definition) is 3. The molecule has 1 fully saturated rings. The molecule has 1 N–H and O–H groups in total. The van der Waals surface area contributed by atoms with E-state index in [1.54, 1.807) is 16.4 Å². The number of piperazine rings is 1. The van der Waals surface area contributed by atoms with Crippen LogP contribution in [0.3, 0.4) is 0 Å². The van der Waals surface area contributed by atoms with Crippen molar-refractivity contribution in [2.75, 3.05) is 19.6 Å². The number of nitrogens with one attached hydrogen (secondary N) is 1. The molecule has 0 aliphatic carbocycles. The Morgan fingerprint density at radius 2 is 2.11 bits per heavy atom. The summed E-state index contributed by atoms with van der Waals surface area (Å²) in [6.45, 7) is 5.79. The zero-order valence-corrected chi connectivity index (χ0v) is 14.1. The van der Waals surface area contributed by atoms with Crippen LogP contribution in [-0.4, -0.2) is 38.4 Å². The van der Waals surface area contributed by atoms with E-state index < -0.39 is 10.0 Å². The molecule has 1 aliphatic rings. The second kappa shape index (κ2) is 6.54. The van der Waals surface area contributed by atoms with Crippen LogP contribution < -0.4 is 5.32 Å². The highest BCUT2D eigenvalue weighted by Gasteiger charge is 2.30. The molecule has 0 spiro atoms. The number of hydrogen-bond donors (Lipinski definition) is 1. The molecular weight excluding hydrogens is 352 g/mol. The summed E-state index contributed by atoms with van der Waals surface area (Å²) in [6, 6.07) is 5.16. The van der Waals surface area contributed by atoms with Gasteiger partial charge in [0.05, 0.1) is 4.90 Å². The summed E-state index contributed by atoms with van der Waals surface area (Å²) in [5.41, 5.74) is 1.03. The third-order valence-electron chi connectivity index (χ3n) is 3.19. The van der Waals surface area contributed by atoms with Crippen molar-refractivity contribution in [1.29, 1.82) is 0 Å². The molecule has 1 aliphatic heterocycles. The summed E-state index contributed by atoms with van der Waals surface area (Å²) in [5.74, 6) is 0. The maximum Gasteiger partial charge on any atom is 0.243 e. The SMILES string of the molecule is Cc1ccc(S(=O)(=O)N2CCNC[C@H]2C)cc1Br.Cl. The van der Waals surface area contributed by atoms with Gasteiger partial charge in [0.15, 0.2) is 0 Å². The minimum absolute atomic E-state index is 0. The lowest BCUT2D eigenvalue weighted by molar-refractivity contribution is 0.284. The van der Waals surface area contributed by atoms with Crippen LogP contribution in [0.4, 0.5) is 0 Å². The van der Waals surface area contributed by atoms with Crippen molar-refractivity contribution < 1.29 is 8.42 Å². The van der Waals surface area contributed by atoms with Gasteiger partial charge in [-0.1, -0.05) is 22.0 Å². The molecule has 7 heteroatoms. The molecule has 108 valence electrons. The Labute approximate surface area is 129 Å². The van der Waals surface area contributed by atoms with Crippen LogP contribution in [0.5, 0.6) is 0 Å². The van der Waals surface area contributed by atoms with Crippen LogP contribution in [0.2, 0.25) is 0 Å². The quantitative estimate of drug-likeness (QED) is 0.869. The second-order valence-corrected chi connectivity index (χ2v) is 7.32. The third-order valence-corrected chi connectivity index (χ3v) is 6.05. The Hall–Kier alpha value is -0.140. The largest absolute Gasteiger partial charge is 0.314 e. The highest BCUT2D eigenvalue weighted by Crippen LogP contribution is 2.24. The first-order chi connectivity index (χ1) is 8.43. The van der Waals surface area contributed by atoms with E-state index in [1.807, 2.05) is 19.9 Å². The first-order valence-electron chi connectivity index (χ1n) is 5.91. The number of sulfonamides is 1. The van der Waals surface area contributed by atoms with Gasteiger partial charge in [0.2, 0.25) is 10.0 Å². The predicted molar refractivity (Wildman–Crippen MR) is 82.4 cm³/mol. The van der Waals surface area contributed by atoms with E-state index in [2.05, 4.69) is 21.2 Å². The molecule has 1 aromatic carbocycles. The van der Waals surface area contributed by atoms with E-state index >= 15 is 0 Å². The molecule has 0 unspecified atom stereocenters. The number of rotatable bonds is 2. The summed E-state index contributed by atoms with van der Waals surface area (Å²) in [5, 5.41) is 3.19. The highest BCUT2D eigenvalue weighted by atomic mass is 79.9. The van der Waals surface area contributed by atoms with Crippen LogP contribution in [-0.2, 0) is 10.0 Å². The predicted octanol–water partition coefficient (Wildman–Crippen LogP) is 2.16. The van der Waals surface area contributed by atoms with Gasteiger partial charge in [0.25, 0.3) is 0 Å². The molecule has 0 aromatic heterocycles. The number of halogens is 2. The van der Waals surface area contributed by atoms with Crippen molar-refractivity contribution >= 4 is 38.4 Å². The number of nitrogens with zero attached hydrogens (tertiary/aromatic N) is 1. The van der Waals surface area contributed by atoms with Crippen LogP contribution in [0.15, 0.2) is 27.6 Å². The molecule has 2 rings (SSSR count). The average Bonchev–Trinajstić information content (AvgIpc) is 2.33.